The Bertz CT molecular complexity index is 579. The zero-order valence-electron chi connectivity index (χ0n) is 11.9. The van der Waals surface area contributed by atoms with Crippen LogP contribution in [0.5, 0.6) is 5.75 Å². The molecule has 0 saturated heterocycles. The highest BCUT2D eigenvalue weighted by molar-refractivity contribution is 6.35. The molecule has 0 amide bonds. The average Bonchev–Trinajstić information content (AvgIpc) is 2.50. The Labute approximate surface area is 135 Å². The molecule has 0 aliphatic heterocycles. The van der Waals surface area contributed by atoms with Crippen molar-refractivity contribution in [1.82, 2.24) is 0 Å². The third-order valence-electron chi connectivity index (χ3n) is 3.47. The molecule has 1 unspecified atom stereocenters. The SMILES string of the molecule is COc1cccc(CC(CO)Cc2c(Cl)cccc2Cl)c1. The molecule has 2 aromatic carbocycles. The van der Waals surface area contributed by atoms with Gasteiger partial charge in [-0.3, -0.25) is 0 Å². The van der Waals surface area contributed by atoms with Gasteiger partial charge in [0.1, 0.15) is 5.75 Å². The first-order valence-corrected chi connectivity index (χ1v) is 7.56. The van der Waals surface area contributed by atoms with E-state index in [1.165, 1.54) is 0 Å². The van der Waals surface area contributed by atoms with Crippen LogP contribution in [0.4, 0.5) is 0 Å². The first kappa shape index (κ1) is 16.2. The highest BCUT2D eigenvalue weighted by atomic mass is 35.5. The summed E-state index contributed by atoms with van der Waals surface area (Å²) in [6.45, 7) is 0.0821. The smallest absolute Gasteiger partial charge is 0.119 e. The maximum absolute atomic E-state index is 9.64. The minimum atomic E-state index is 0.0644. The fraction of sp³-hybridized carbons (Fsp3) is 0.294. The number of hydrogen-bond acceptors (Lipinski definition) is 2. The summed E-state index contributed by atoms with van der Waals surface area (Å²) in [5.74, 6) is 0.884. The van der Waals surface area contributed by atoms with Crippen LogP contribution in [0.25, 0.3) is 0 Å². The molecule has 1 N–H and O–H groups in total. The molecule has 4 heteroatoms. The quantitative estimate of drug-likeness (QED) is 0.853. The number of aliphatic hydroxyl groups excluding tert-OH is 1. The molecule has 0 aliphatic carbocycles. The van der Waals surface area contributed by atoms with E-state index in [1.54, 1.807) is 7.11 Å². The van der Waals surface area contributed by atoms with Crippen LogP contribution in [0.1, 0.15) is 11.1 Å². The number of hydrogen-bond donors (Lipinski definition) is 1. The van der Waals surface area contributed by atoms with Gasteiger partial charge in [-0.15, -0.1) is 0 Å². The Kier molecular flexibility index (Phi) is 5.92. The maximum atomic E-state index is 9.64. The summed E-state index contributed by atoms with van der Waals surface area (Å²) in [5.41, 5.74) is 2.01. The largest absolute Gasteiger partial charge is 0.497 e. The molecule has 112 valence electrons. The molecule has 0 heterocycles. The minimum Gasteiger partial charge on any atom is -0.497 e. The lowest BCUT2D eigenvalue weighted by Gasteiger charge is -2.16. The summed E-state index contributed by atoms with van der Waals surface area (Å²) in [5, 5.41) is 10.9. The summed E-state index contributed by atoms with van der Waals surface area (Å²) in [6, 6.07) is 13.3. The van der Waals surface area contributed by atoms with Crippen molar-refractivity contribution in [2.24, 2.45) is 5.92 Å². The molecular weight excluding hydrogens is 307 g/mol. The van der Waals surface area contributed by atoms with Gasteiger partial charge in [-0.2, -0.15) is 0 Å². The zero-order chi connectivity index (χ0) is 15.2. The summed E-state index contributed by atoms with van der Waals surface area (Å²) in [6.07, 6.45) is 1.39. The fourth-order valence-corrected chi connectivity index (χ4v) is 2.90. The van der Waals surface area contributed by atoms with Crippen LogP contribution in [-0.2, 0) is 12.8 Å². The van der Waals surface area contributed by atoms with Gasteiger partial charge in [0, 0.05) is 16.7 Å². The van der Waals surface area contributed by atoms with Crippen LogP contribution in [0.15, 0.2) is 42.5 Å². The van der Waals surface area contributed by atoms with Crippen molar-refractivity contribution in [2.45, 2.75) is 12.8 Å². The summed E-state index contributed by atoms with van der Waals surface area (Å²) in [4.78, 5) is 0. The molecule has 0 fully saturated rings. The number of benzene rings is 2. The average molecular weight is 325 g/mol. The lowest BCUT2D eigenvalue weighted by molar-refractivity contribution is 0.225. The van der Waals surface area contributed by atoms with E-state index in [-0.39, 0.29) is 12.5 Å². The van der Waals surface area contributed by atoms with Gasteiger partial charge < -0.3 is 9.84 Å². The molecule has 2 aromatic rings. The van der Waals surface area contributed by atoms with Crippen molar-refractivity contribution in [3.8, 4) is 5.75 Å². The molecule has 0 radical (unpaired) electrons. The van der Waals surface area contributed by atoms with Crippen LogP contribution in [0.3, 0.4) is 0 Å². The molecule has 0 saturated carbocycles. The molecule has 2 rings (SSSR count). The van der Waals surface area contributed by atoms with E-state index in [4.69, 9.17) is 27.9 Å². The Morgan fingerprint density at radius 1 is 1.05 bits per heavy atom. The highest BCUT2D eigenvalue weighted by Crippen LogP contribution is 2.28. The Morgan fingerprint density at radius 3 is 2.33 bits per heavy atom. The normalized spacial score (nSPS) is 12.2. The van der Waals surface area contributed by atoms with Crippen molar-refractivity contribution in [3.05, 3.63) is 63.6 Å². The molecule has 0 aromatic heterocycles. The third-order valence-corrected chi connectivity index (χ3v) is 4.18. The number of methoxy groups -OCH3 is 1. The lowest BCUT2D eigenvalue weighted by atomic mass is 9.93. The summed E-state index contributed by atoms with van der Waals surface area (Å²) in [7, 11) is 1.64. The number of halogens is 2. The van der Waals surface area contributed by atoms with Crippen molar-refractivity contribution in [1.29, 1.82) is 0 Å². The van der Waals surface area contributed by atoms with Gasteiger partial charge in [0.25, 0.3) is 0 Å². The van der Waals surface area contributed by atoms with Gasteiger partial charge >= 0.3 is 0 Å². The van der Waals surface area contributed by atoms with Crippen LogP contribution in [0, 0.1) is 5.92 Å². The second-order valence-corrected chi connectivity index (χ2v) is 5.82. The summed E-state index contributed by atoms with van der Waals surface area (Å²) < 4.78 is 5.22. The minimum absolute atomic E-state index is 0.0644. The molecule has 0 aliphatic rings. The second-order valence-electron chi connectivity index (χ2n) is 5.01. The predicted molar refractivity (Wildman–Crippen MR) is 87.4 cm³/mol. The van der Waals surface area contributed by atoms with Gasteiger partial charge in [0.05, 0.1) is 7.11 Å². The van der Waals surface area contributed by atoms with Gasteiger partial charge in [-0.25, -0.2) is 0 Å². The van der Waals surface area contributed by atoms with E-state index in [1.807, 2.05) is 42.5 Å². The predicted octanol–water partition coefficient (Wildman–Crippen LogP) is 4.40. The first-order chi connectivity index (χ1) is 10.1. The van der Waals surface area contributed by atoms with E-state index >= 15 is 0 Å². The molecule has 2 nitrogen and oxygen atoms in total. The van der Waals surface area contributed by atoms with Crippen LogP contribution < -0.4 is 4.74 Å². The Morgan fingerprint density at radius 2 is 1.71 bits per heavy atom. The summed E-state index contributed by atoms with van der Waals surface area (Å²) >= 11 is 12.4. The van der Waals surface area contributed by atoms with Gasteiger partial charge in [0.15, 0.2) is 0 Å². The lowest BCUT2D eigenvalue weighted by Crippen LogP contribution is -2.13. The molecule has 0 bridgehead atoms. The zero-order valence-corrected chi connectivity index (χ0v) is 13.4. The van der Waals surface area contributed by atoms with Gasteiger partial charge in [0.2, 0.25) is 0 Å². The van der Waals surface area contributed by atoms with E-state index in [2.05, 4.69) is 0 Å². The van der Waals surface area contributed by atoms with E-state index in [9.17, 15) is 5.11 Å². The van der Waals surface area contributed by atoms with Crippen LogP contribution >= 0.6 is 23.2 Å². The van der Waals surface area contributed by atoms with E-state index in [0.717, 1.165) is 23.3 Å². The van der Waals surface area contributed by atoms with Crippen molar-refractivity contribution in [2.75, 3.05) is 13.7 Å². The molecular formula is C17H18Cl2O2. The van der Waals surface area contributed by atoms with Crippen molar-refractivity contribution >= 4 is 23.2 Å². The Hall–Kier alpha value is -1.22. The van der Waals surface area contributed by atoms with Gasteiger partial charge in [-0.1, -0.05) is 41.4 Å². The number of aliphatic hydroxyl groups is 1. The van der Waals surface area contributed by atoms with E-state index in [0.29, 0.717) is 16.5 Å². The fourth-order valence-electron chi connectivity index (χ4n) is 2.35. The third kappa shape index (κ3) is 4.37. The van der Waals surface area contributed by atoms with Crippen LogP contribution in [0.2, 0.25) is 10.0 Å². The van der Waals surface area contributed by atoms with Gasteiger partial charge in [-0.05, 0) is 54.2 Å². The Balaban J connectivity index is 2.13. The molecule has 0 spiro atoms. The number of ether oxygens (including phenoxy) is 1. The number of rotatable bonds is 6. The standard InChI is InChI=1S/C17H18Cl2O2/c1-21-14-5-2-4-12(9-14)8-13(11-20)10-15-16(18)6-3-7-17(15)19/h2-7,9,13,20H,8,10-11H2,1H3. The topological polar surface area (TPSA) is 29.5 Å². The van der Waals surface area contributed by atoms with Crippen LogP contribution in [-0.4, -0.2) is 18.8 Å². The monoisotopic (exact) mass is 324 g/mol. The van der Waals surface area contributed by atoms with E-state index < -0.39 is 0 Å². The first-order valence-electron chi connectivity index (χ1n) is 6.80. The maximum Gasteiger partial charge on any atom is 0.119 e. The highest BCUT2D eigenvalue weighted by Gasteiger charge is 2.14. The molecule has 21 heavy (non-hydrogen) atoms. The molecule has 1 atom stereocenters. The van der Waals surface area contributed by atoms with Crippen molar-refractivity contribution < 1.29 is 9.84 Å². The second kappa shape index (κ2) is 7.69. The van der Waals surface area contributed by atoms with Crippen molar-refractivity contribution in [3.63, 3.8) is 0 Å².